The van der Waals surface area contributed by atoms with Gasteiger partial charge in [0.05, 0.1) is 6.07 Å². The topological polar surface area (TPSA) is 35.8 Å². The van der Waals surface area contributed by atoms with Crippen LogP contribution in [0.2, 0.25) is 0 Å². The van der Waals surface area contributed by atoms with Crippen LogP contribution in [0.25, 0.3) is 11.1 Å². The summed E-state index contributed by atoms with van der Waals surface area (Å²) < 4.78 is 0. The van der Waals surface area contributed by atoms with Crippen molar-refractivity contribution in [2.24, 2.45) is 0 Å². The number of fused-ring (bicyclic) bond motifs is 3. The third-order valence-electron chi connectivity index (χ3n) is 3.17. The van der Waals surface area contributed by atoms with E-state index in [-0.39, 0.29) is 0 Å². The summed E-state index contributed by atoms with van der Waals surface area (Å²) in [5.74, 6) is 0. The Morgan fingerprint density at radius 2 is 1.88 bits per heavy atom. The van der Waals surface area contributed by atoms with Gasteiger partial charge >= 0.3 is 0 Å². The van der Waals surface area contributed by atoms with E-state index >= 15 is 0 Å². The lowest BCUT2D eigenvalue weighted by Gasteiger charge is -2.05. The molecule has 2 nitrogen and oxygen atoms in total. The monoisotopic (exact) mass is 220 g/mol. The SMILES string of the molecule is N#CCNc1ccc2c(c1)Cc1ccccc1-2. The van der Waals surface area contributed by atoms with Crippen molar-refractivity contribution in [2.45, 2.75) is 6.42 Å². The van der Waals surface area contributed by atoms with Gasteiger partial charge in [-0.3, -0.25) is 0 Å². The summed E-state index contributed by atoms with van der Waals surface area (Å²) in [5, 5.41) is 11.6. The molecule has 2 heteroatoms. The minimum Gasteiger partial charge on any atom is -0.372 e. The Morgan fingerprint density at radius 3 is 2.76 bits per heavy atom. The first-order valence-corrected chi connectivity index (χ1v) is 5.70. The number of rotatable bonds is 2. The molecule has 0 radical (unpaired) electrons. The zero-order valence-corrected chi connectivity index (χ0v) is 9.40. The van der Waals surface area contributed by atoms with E-state index in [0.717, 1.165) is 12.1 Å². The number of nitrogens with zero attached hydrogens (tertiary/aromatic N) is 1. The number of anilines is 1. The average Bonchev–Trinajstić information content (AvgIpc) is 2.74. The molecule has 0 fully saturated rings. The standard InChI is InChI=1S/C15H12N2/c16-7-8-17-13-5-6-15-12(10-13)9-11-3-1-2-4-14(11)15/h1-6,10,17H,8-9H2. The van der Waals surface area contributed by atoms with E-state index < -0.39 is 0 Å². The smallest absolute Gasteiger partial charge is 0.103 e. The molecule has 2 aromatic rings. The van der Waals surface area contributed by atoms with Gasteiger partial charge in [0, 0.05) is 5.69 Å². The number of hydrogen-bond donors (Lipinski definition) is 1. The van der Waals surface area contributed by atoms with E-state index in [4.69, 9.17) is 5.26 Å². The van der Waals surface area contributed by atoms with Gasteiger partial charge in [-0.1, -0.05) is 30.3 Å². The molecule has 0 unspecified atom stereocenters. The summed E-state index contributed by atoms with van der Waals surface area (Å²) in [6.45, 7) is 0.353. The van der Waals surface area contributed by atoms with Crippen LogP contribution >= 0.6 is 0 Å². The number of hydrogen-bond acceptors (Lipinski definition) is 2. The molecule has 0 aliphatic heterocycles. The third kappa shape index (κ3) is 1.66. The molecule has 0 saturated heterocycles. The maximum Gasteiger partial charge on any atom is 0.103 e. The van der Waals surface area contributed by atoms with E-state index in [1.165, 1.54) is 22.3 Å². The van der Waals surface area contributed by atoms with E-state index in [0.29, 0.717) is 6.54 Å². The second-order valence-corrected chi connectivity index (χ2v) is 4.22. The van der Waals surface area contributed by atoms with E-state index in [9.17, 15) is 0 Å². The maximum absolute atomic E-state index is 8.55. The fraction of sp³-hybridized carbons (Fsp3) is 0.133. The van der Waals surface area contributed by atoms with Gasteiger partial charge in [0.15, 0.2) is 0 Å². The molecule has 0 heterocycles. The molecule has 0 atom stereocenters. The predicted octanol–water partition coefficient (Wildman–Crippen LogP) is 3.19. The highest BCUT2D eigenvalue weighted by atomic mass is 14.9. The second kappa shape index (κ2) is 3.95. The van der Waals surface area contributed by atoms with Crippen molar-refractivity contribution in [1.29, 1.82) is 5.26 Å². The fourth-order valence-electron chi connectivity index (χ4n) is 2.40. The summed E-state index contributed by atoms with van der Waals surface area (Å²) in [6.07, 6.45) is 0.994. The molecule has 1 N–H and O–H groups in total. The summed E-state index contributed by atoms with van der Waals surface area (Å²) in [6, 6.07) is 16.9. The zero-order valence-electron chi connectivity index (χ0n) is 9.40. The predicted molar refractivity (Wildman–Crippen MR) is 68.8 cm³/mol. The van der Waals surface area contributed by atoms with Crippen molar-refractivity contribution in [3.8, 4) is 17.2 Å². The van der Waals surface area contributed by atoms with Crippen molar-refractivity contribution in [3.05, 3.63) is 53.6 Å². The first-order valence-electron chi connectivity index (χ1n) is 5.70. The van der Waals surface area contributed by atoms with Crippen molar-refractivity contribution in [2.75, 3.05) is 11.9 Å². The van der Waals surface area contributed by atoms with Gasteiger partial charge in [-0.2, -0.15) is 5.26 Å². The number of nitrogens with one attached hydrogen (secondary N) is 1. The summed E-state index contributed by atoms with van der Waals surface area (Å²) >= 11 is 0. The lowest BCUT2D eigenvalue weighted by atomic mass is 10.1. The highest BCUT2D eigenvalue weighted by Crippen LogP contribution is 2.37. The molecule has 1 aliphatic rings. The minimum absolute atomic E-state index is 0.353. The molecule has 0 bridgehead atoms. The van der Waals surface area contributed by atoms with E-state index in [1.54, 1.807) is 0 Å². The molecular formula is C15H12N2. The first kappa shape index (κ1) is 9.92. The van der Waals surface area contributed by atoms with E-state index in [1.807, 2.05) is 6.07 Å². The Morgan fingerprint density at radius 1 is 1.06 bits per heavy atom. The number of benzene rings is 2. The Hall–Kier alpha value is -2.27. The van der Waals surface area contributed by atoms with Gasteiger partial charge in [0.2, 0.25) is 0 Å². The molecular weight excluding hydrogens is 208 g/mol. The normalized spacial score (nSPS) is 11.5. The quantitative estimate of drug-likeness (QED) is 0.673. The van der Waals surface area contributed by atoms with Crippen LogP contribution in [0.3, 0.4) is 0 Å². The second-order valence-electron chi connectivity index (χ2n) is 4.22. The zero-order chi connectivity index (χ0) is 11.7. The van der Waals surface area contributed by atoms with Gasteiger partial charge < -0.3 is 5.32 Å². The van der Waals surface area contributed by atoms with Gasteiger partial charge in [0.1, 0.15) is 6.54 Å². The first-order chi connectivity index (χ1) is 8.38. The van der Waals surface area contributed by atoms with Crippen LogP contribution in [0.15, 0.2) is 42.5 Å². The van der Waals surface area contributed by atoms with Gasteiger partial charge in [-0.15, -0.1) is 0 Å². The molecule has 1 aliphatic carbocycles. The summed E-state index contributed by atoms with van der Waals surface area (Å²) in [4.78, 5) is 0. The summed E-state index contributed by atoms with van der Waals surface area (Å²) in [7, 11) is 0. The molecule has 0 aromatic heterocycles. The third-order valence-corrected chi connectivity index (χ3v) is 3.17. The van der Waals surface area contributed by atoms with Crippen molar-refractivity contribution >= 4 is 5.69 Å². The average molecular weight is 220 g/mol. The highest BCUT2D eigenvalue weighted by Gasteiger charge is 2.17. The van der Waals surface area contributed by atoms with Crippen LogP contribution < -0.4 is 5.32 Å². The van der Waals surface area contributed by atoms with Gasteiger partial charge in [-0.25, -0.2) is 0 Å². The molecule has 17 heavy (non-hydrogen) atoms. The lowest BCUT2D eigenvalue weighted by molar-refractivity contribution is 1.25. The molecule has 2 aromatic carbocycles. The van der Waals surface area contributed by atoms with E-state index in [2.05, 4.69) is 47.8 Å². The number of nitriles is 1. The minimum atomic E-state index is 0.353. The van der Waals surface area contributed by atoms with Crippen molar-refractivity contribution in [3.63, 3.8) is 0 Å². The molecule has 82 valence electrons. The van der Waals surface area contributed by atoms with Gasteiger partial charge in [-0.05, 0) is 40.8 Å². The Balaban J connectivity index is 1.99. The fourth-order valence-corrected chi connectivity index (χ4v) is 2.40. The van der Waals surface area contributed by atoms with Crippen LogP contribution in [-0.2, 0) is 6.42 Å². The van der Waals surface area contributed by atoms with Crippen LogP contribution in [0.4, 0.5) is 5.69 Å². The Kier molecular flexibility index (Phi) is 2.31. The Bertz CT molecular complexity index is 609. The molecule has 3 rings (SSSR count). The molecule has 0 spiro atoms. The molecule has 0 saturated carbocycles. The maximum atomic E-state index is 8.55. The van der Waals surface area contributed by atoms with Gasteiger partial charge in [0.25, 0.3) is 0 Å². The molecule has 0 amide bonds. The van der Waals surface area contributed by atoms with Crippen LogP contribution in [-0.4, -0.2) is 6.54 Å². The highest BCUT2D eigenvalue weighted by molar-refractivity contribution is 5.78. The van der Waals surface area contributed by atoms with Crippen molar-refractivity contribution in [1.82, 2.24) is 0 Å². The summed E-state index contributed by atoms with van der Waals surface area (Å²) in [5.41, 5.74) is 6.42. The Labute approximate surface area is 101 Å². The van der Waals surface area contributed by atoms with Crippen LogP contribution in [0, 0.1) is 11.3 Å². The van der Waals surface area contributed by atoms with Crippen LogP contribution in [0.5, 0.6) is 0 Å². The van der Waals surface area contributed by atoms with Crippen molar-refractivity contribution < 1.29 is 0 Å². The lowest BCUT2D eigenvalue weighted by Crippen LogP contribution is -1.98. The largest absolute Gasteiger partial charge is 0.372 e. The van der Waals surface area contributed by atoms with Crippen LogP contribution in [0.1, 0.15) is 11.1 Å².